The highest BCUT2D eigenvalue weighted by molar-refractivity contribution is 5.78. The van der Waals surface area contributed by atoms with Crippen molar-refractivity contribution < 1.29 is 9.53 Å². The molecule has 0 unspecified atom stereocenters. The third-order valence-corrected chi connectivity index (χ3v) is 4.32. The van der Waals surface area contributed by atoms with Crippen molar-refractivity contribution in [1.29, 1.82) is 0 Å². The lowest BCUT2D eigenvalue weighted by atomic mass is 10.2. The van der Waals surface area contributed by atoms with Crippen LogP contribution in [0.2, 0.25) is 0 Å². The van der Waals surface area contributed by atoms with Gasteiger partial charge in [0.2, 0.25) is 5.91 Å². The second-order valence-corrected chi connectivity index (χ2v) is 5.91. The van der Waals surface area contributed by atoms with Crippen LogP contribution in [0.4, 0.5) is 0 Å². The molecular weight excluding hydrogens is 280 g/mol. The standard InChI is InChI=1S/C16H24N4O2/c21-16(14-19-8-10-22-11-9-19)20-6-4-18(5-7-20)13-15-2-1-3-17-12-15/h1-3,12H,4-11,13-14H2. The molecule has 0 N–H and O–H groups in total. The van der Waals surface area contributed by atoms with Crippen molar-refractivity contribution in [3.05, 3.63) is 30.1 Å². The number of hydrogen-bond acceptors (Lipinski definition) is 5. The average Bonchev–Trinajstić information content (AvgIpc) is 2.57. The maximum absolute atomic E-state index is 12.3. The largest absolute Gasteiger partial charge is 0.379 e. The maximum Gasteiger partial charge on any atom is 0.236 e. The Balaban J connectivity index is 1.42. The number of piperazine rings is 1. The lowest BCUT2D eigenvalue weighted by Gasteiger charge is -2.36. The first-order chi connectivity index (χ1) is 10.8. The minimum atomic E-state index is 0.253. The summed E-state index contributed by atoms with van der Waals surface area (Å²) in [5.74, 6) is 0.253. The van der Waals surface area contributed by atoms with E-state index in [1.54, 1.807) is 6.20 Å². The van der Waals surface area contributed by atoms with Crippen molar-refractivity contribution in [1.82, 2.24) is 19.7 Å². The van der Waals surface area contributed by atoms with E-state index in [9.17, 15) is 4.79 Å². The highest BCUT2D eigenvalue weighted by Crippen LogP contribution is 2.08. The van der Waals surface area contributed by atoms with Gasteiger partial charge in [-0.05, 0) is 11.6 Å². The van der Waals surface area contributed by atoms with Crippen LogP contribution in [0.3, 0.4) is 0 Å². The highest BCUT2D eigenvalue weighted by atomic mass is 16.5. The first-order valence-corrected chi connectivity index (χ1v) is 8.00. The van der Waals surface area contributed by atoms with Crippen LogP contribution in [0.25, 0.3) is 0 Å². The van der Waals surface area contributed by atoms with Crippen molar-refractivity contribution in [3.63, 3.8) is 0 Å². The van der Waals surface area contributed by atoms with E-state index in [2.05, 4.69) is 20.9 Å². The van der Waals surface area contributed by atoms with Gasteiger partial charge in [0.15, 0.2) is 0 Å². The predicted octanol–water partition coefficient (Wildman–Crippen LogP) is 0.0580. The van der Waals surface area contributed by atoms with E-state index in [-0.39, 0.29) is 5.91 Å². The number of nitrogens with zero attached hydrogens (tertiary/aromatic N) is 4. The van der Waals surface area contributed by atoms with Crippen molar-refractivity contribution in [2.45, 2.75) is 6.54 Å². The Hall–Kier alpha value is -1.50. The van der Waals surface area contributed by atoms with Gasteiger partial charge in [-0.15, -0.1) is 0 Å². The Bertz CT molecular complexity index is 468. The van der Waals surface area contributed by atoms with Gasteiger partial charge < -0.3 is 9.64 Å². The fourth-order valence-electron chi connectivity index (χ4n) is 2.96. The smallest absolute Gasteiger partial charge is 0.236 e. The average molecular weight is 304 g/mol. The Labute approximate surface area is 131 Å². The zero-order chi connectivity index (χ0) is 15.2. The number of carbonyl (C=O) groups excluding carboxylic acids is 1. The van der Waals surface area contributed by atoms with Gasteiger partial charge in [-0.2, -0.15) is 0 Å². The van der Waals surface area contributed by atoms with Crippen molar-refractivity contribution in [3.8, 4) is 0 Å². The van der Waals surface area contributed by atoms with E-state index in [0.717, 1.165) is 59.0 Å². The molecule has 2 saturated heterocycles. The summed E-state index contributed by atoms with van der Waals surface area (Å²) in [6.45, 7) is 8.18. The van der Waals surface area contributed by atoms with Crippen molar-refractivity contribution in [2.24, 2.45) is 0 Å². The second kappa shape index (κ2) is 7.67. The number of rotatable bonds is 4. The first-order valence-electron chi connectivity index (χ1n) is 8.00. The number of amides is 1. The maximum atomic E-state index is 12.3. The van der Waals surface area contributed by atoms with Crippen LogP contribution in [0.1, 0.15) is 5.56 Å². The Kier molecular flexibility index (Phi) is 5.37. The number of hydrogen-bond donors (Lipinski definition) is 0. The van der Waals surface area contributed by atoms with Crippen LogP contribution in [-0.4, -0.2) is 84.6 Å². The second-order valence-electron chi connectivity index (χ2n) is 5.91. The number of ether oxygens (including phenoxy) is 1. The van der Waals surface area contributed by atoms with Crippen LogP contribution in [0.5, 0.6) is 0 Å². The summed E-state index contributed by atoms with van der Waals surface area (Å²) >= 11 is 0. The van der Waals surface area contributed by atoms with E-state index in [1.807, 2.05) is 17.2 Å². The first kappa shape index (κ1) is 15.4. The summed E-state index contributed by atoms with van der Waals surface area (Å²) in [6, 6.07) is 4.07. The molecule has 0 atom stereocenters. The fraction of sp³-hybridized carbons (Fsp3) is 0.625. The molecule has 1 aromatic rings. The molecule has 1 aromatic heterocycles. The Morgan fingerprint density at radius 2 is 1.86 bits per heavy atom. The van der Waals surface area contributed by atoms with Gasteiger partial charge >= 0.3 is 0 Å². The fourth-order valence-corrected chi connectivity index (χ4v) is 2.96. The summed E-state index contributed by atoms with van der Waals surface area (Å²) in [7, 11) is 0. The molecule has 2 aliphatic rings. The molecule has 0 aliphatic carbocycles. The Morgan fingerprint density at radius 3 is 2.55 bits per heavy atom. The molecule has 3 rings (SSSR count). The van der Waals surface area contributed by atoms with Gasteiger partial charge in [0, 0.05) is 58.2 Å². The van der Waals surface area contributed by atoms with Crippen LogP contribution in [0, 0.1) is 0 Å². The summed E-state index contributed by atoms with van der Waals surface area (Å²) in [6.07, 6.45) is 3.71. The topological polar surface area (TPSA) is 48.9 Å². The zero-order valence-electron chi connectivity index (χ0n) is 13.0. The van der Waals surface area contributed by atoms with Gasteiger partial charge in [-0.25, -0.2) is 0 Å². The van der Waals surface area contributed by atoms with E-state index < -0.39 is 0 Å². The molecule has 22 heavy (non-hydrogen) atoms. The third kappa shape index (κ3) is 4.25. The van der Waals surface area contributed by atoms with Crippen LogP contribution < -0.4 is 0 Å². The van der Waals surface area contributed by atoms with Gasteiger partial charge in [-0.1, -0.05) is 6.07 Å². The molecule has 6 heteroatoms. The minimum Gasteiger partial charge on any atom is -0.379 e. The van der Waals surface area contributed by atoms with Gasteiger partial charge in [0.05, 0.1) is 19.8 Å². The zero-order valence-corrected chi connectivity index (χ0v) is 13.0. The monoisotopic (exact) mass is 304 g/mol. The number of morpholine rings is 1. The SMILES string of the molecule is O=C(CN1CCOCC1)N1CCN(Cc2cccnc2)CC1. The minimum absolute atomic E-state index is 0.253. The Morgan fingerprint density at radius 1 is 1.09 bits per heavy atom. The molecule has 0 aromatic carbocycles. The van der Waals surface area contributed by atoms with Crippen LogP contribution in [-0.2, 0) is 16.1 Å². The summed E-state index contributed by atoms with van der Waals surface area (Å²) in [4.78, 5) is 23.1. The van der Waals surface area contributed by atoms with E-state index in [1.165, 1.54) is 5.56 Å². The molecule has 120 valence electrons. The molecule has 0 saturated carbocycles. The molecule has 0 radical (unpaired) electrons. The molecule has 3 heterocycles. The number of aromatic nitrogens is 1. The predicted molar refractivity (Wildman–Crippen MR) is 83.4 cm³/mol. The molecule has 1 amide bonds. The quantitative estimate of drug-likeness (QED) is 0.787. The molecule has 2 fully saturated rings. The molecule has 6 nitrogen and oxygen atoms in total. The lowest BCUT2D eigenvalue weighted by Crippen LogP contribution is -2.51. The van der Waals surface area contributed by atoms with E-state index in [4.69, 9.17) is 4.74 Å². The molecular formula is C16H24N4O2. The highest BCUT2D eigenvalue weighted by Gasteiger charge is 2.23. The third-order valence-electron chi connectivity index (χ3n) is 4.32. The normalized spacial score (nSPS) is 21.0. The number of carbonyl (C=O) groups is 1. The summed E-state index contributed by atoms with van der Waals surface area (Å²) in [5.41, 5.74) is 1.23. The summed E-state index contributed by atoms with van der Waals surface area (Å²) in [5, 5.41) is 0. The van der Waals surface area contributed by atoms with Crippen LogP contribution >= 0.6 is 0 Å². The van der Waals surface area contributed by atoms with Crippen molar-refractivity contribution >= 4 is 5.91 Å². The molecule has 2 aliphatic heterocycles. The summed E-state index contributed by atoms with van der Waals surface area (Å²) < 4.78 is 5.32. The van der Waals surface area contributed by atoms with Gasteiger partial charge in [-0.3, -0.25) is 19.6 Å². The van der Waals surface area contributed by atoms with Crippen molar-refractivity contribution in [2.75, 3.05) is 59.0 Å². The number of pyridine rings is 1. The van der Waals surface area contributed by atoms with Gasteiger partial charge in [0.25, 0.3) is 0 Å². The molecule has 0 bridgehead atoms. The molecule has 0 spiro atoms. The van der Waals surface area contributed by atoms with E-state index >= 15 is 0 Å². The van der Waals surface area contributed by atoms with E-state index in [0.29, 0.717) is 6.54 Å². The lowest BCUT2D eigenvalue weighted by molar-refractivity contribution is -0.135. The van der Waals surface area contributed by atoms with Crippen LogP contribution in [0.15, 0.2) is 24.5 Å². The van der Waals surface area contributed by atoms with Gasteiger partial charge in [0.1, 0.15) is 0 Å².